The van der Waals surface area contributed by atoms with Crippen molar-refractivity contribution in [1.82, 2.24) is 10.6 Å². The van der Waals surface area contributed by atoms with Crippen LogP contribution in [0.5, 0.6) is 0 Å². The summed E-state index contributed by atoms with van der Waals surface area (Å²) < 4.78 is 20.9. The zero-order valence-corrected chi connectivity index (χ0v) is 32.5. The van der Waals surface area contributed by atoms with Crippen LogP contribution < -0.4 is 22.1 Å². The van der Waals surface area contributed by atoms with E-state index in [2.05, 4.69) is 29.4 Å². The van der Waals surface area contributed by atoms with Gasteiger partial charge in [0.25, 0.3) is 0 Å². The Hall–Kier alpha value is -1.92. The Morgan fingerprint density at radius 1 is 1.04 bits per heavy atom. The number of fused-ring (bicyclic) bond motifs is 3. The third-order valence-corrected chi connectivity index (χ3v) is 14.9. The van der Waals surface area contributed by atoms with E-state index in [1.54, 1.807) is 13.0 Å². The maximum Gasteiger partial charge on any atom is 0.333 e. The lowest BCUT2D eigenvalue weighted by Gasteiger charge is -2.62. The van der Waals surface area contributed by atoms with E-state index in [1.165, 1.54) is 0 Å². The largest absolute Gasteiger partial charge is 0.456 e. The lowest BCUT2D eigenvalue weighted by Crippen LogP contribution is -2.71. The summed E-state index contributed by atoms with van der Waals surface area (Å²) in [6, 6.07) is 0. The van der Waals surface area contributed by atoms with Crippen LogP contribution in [0, 0.1) is 65.1 Å². The van der Waals surface area contributed by atoms with Crippen molar-refractivity contribution in [1.29, 1.82) is 0 Å². The number of aliphatic hydroxyl groups excluding tert-OH is 3. The molecule has 4 saturated heterocycles. The van der Waals surface area contributed by atoms with Gasteiger partial charge in [0.2, 0.25) is 0 Å². The van der Waals surface area contributed by atoms with Gasteiger partial charge in [0.05, 0.1) is 55.4 Å². The predicted molar refractivity (Wildman–Crippen MR) is 202 cm³/mol. The fourth-order valence-electron chi connectivity index (χ4n) is 11.8. The van der Waals surface area contributed by atoms with Gasteiger partial charge in [0.15, 0.2) is 0 Å². The van der Waals surface area contributed by atoms with E-state index in [9.17, 15) is 24.9 Å². The van der Waals surface area contributed by atoms with Crippen molar-refractivity contribution >= 4 is 11.8 Å². The van der Waals surface area contributed by atoms with Crippen molar-refractivity contribution in [2.24, 2.45) is 64.7 Å². The Labute approximate surface area is 321 Å². The van der Waals surface area contributed by atoms with Crippen molar-refractivity contribution < 1.29 is 39.1 Å². The second-order valence-corrected chi connectivity index (χ2v) is 18.1. The van der Waals surface area contributed by atoms with Gasteiger partial charge in [0, 0.05) is 42.1 Å². The average molecular weight is 755 g/mol. The standard InChI is InChI=1S/C42H66N4O8/c1-4-22(2)41(51)53-32-19-30-38(50)36-31(49)18-28(21-47)52-40(36)37-35(25-13-14-45-34(44)17-25)29(24-7-5-9-27(48)16-24)10-6-8-26(42(32,3)54-39(30)37)15-23-11-12-33(43)46-20-23/h4,23-30,32-40,45-48,50H,5,7-9,11-21,43-44H2,1-3H3/t23?,24?,25?,26-,27?,28?,29+,30?,32-,33?,34?,35?,36?,37?,38?,39?,40?,42-/m0/s1. The lowest BCUT2D eigenvalue weighted by molar-refractivity contribution is -0.304. The van der Waals surface area contributed by atoms with Gasteiger partial charge in [-0.05, 0) is 115 Å². The van der Waals surface area contributed by atoms with Crippen LogP contribution in [-0.2, 0) is 23.8 Å². The minimum atomic E-state index is -1.08. The van der Waals surface area contributed by atoms with Crippen molar-refractivity contribution in [3.05, 3.63) is 11.6 Å². The Morgan fingerprint density at radius 3 is 2.56 bits per heavy atom. The summed E-state index contributed by atoms with van der Waals surface area (Å²) in [6.45, 7) is 6.86. The summed E-state index contributed by atoms with van der Waals surface area (Å²) >= 11 is 0. The number of ketones is 1. The van der Waals surface area contributed by atoms with Gasteiger partial charge in [-0.3, -0.25) is 4.79 Å². The van der Waals surface area contributed by atoms with E-state index in [-0.39, 0.29) is 66.6 Å². The molecule has 54 heavy (non-hydrogen) atoms. The van der Waals surface area contributed by atoms with Crippen LogP contribution in [0.15, 0.2) is 11.6 Å². The fourth-order valence-corrected chi connectivity index (χ4v) is 11.8. The monoisotopic (exact) mass is 754 g/mol. The number of hydrogen-bond donors (Lipinski definition) is 7. The zero-order valence-electron chi connectivity index (χ0n) is 32.5. The number of nitrogens with one attached hydrogen (secondary N) is 2. The molecule has 0 radical (unpaired) electrons. The molecular formula is C42H66N4O8. The van der Waals surface area contributed by atoms with E-state index in [4.69, 9.17) is 25.7 Å². The molecule has 2 aliphatic carbocycles. The van der Waals surface area contributed by atoms with Crippen LogP contribution in [0.4, 0.5) is 0 Å². The number of piperidine rings is 2. The SMILES string of the molecule is CC=C(C)C(=O)O[C@H]1CC2C(O)C3C(=O)CC(CO)OC3C3C2O[C@@]1(C)[C@H](CC1CCC(N)NC1)CC#C[C@H](C1CCCC(O)C1)C3C1CCNC(N)C1. The minimum absolute atomic E-state index is 0.0262. The molecule has 5 aliphatic heterocycles. The molecular weight excluding hydrogens is 688 g/mol. The summed E-state index contributed by atoms with van der Waals surface area (Å²) in [6.07, 6.45) is 5.78. The van der Waals surface area contributed by atoms with Crippen LogP contribution in [0.2, 0.25) is 0 Å². The number of rotatable bonds is 7. The van der Waals surface area contributed by atoms with Gasteiger partial charge < -0.3 is 51.6 Å². The first-order valence-corrected chi connectivity index (χ1v) is 21.0. The fraction of sp³-hybridized carbons (Fsp3) is 0.857. The van der Waals surface area contributed by atoms with Gasteiger partial charge in [-0.2, -0.15) is 0 Å². The summed E-state index contributed by atoms with van der Waals surface area (Å²) in [7, 11) is 0. The van der Waals surface area contributed by atoms with Crippen molar-refractivity contribution in [3.8, 4) is 11.8 Å². The highest BCUT2D eigenvalue weighted by Crippen LogP contribution is 2.57. The number of hydrogen-bond acceptors (Lipinski definition) is 12. The van der Waals surface area contributed by atoms with Crippen LogP contribution in [0.25, 0.3) is 0 Å². The van der Waals surface area contributed by atoms with Crippen LogP contribution >= 0.6 is 0 Å². The number of ether oxygens (including phenoxy) is 3. The first-order chi connectivity index (χ1) is 25.9. The Bertz CT molecular complexity index is 1440. The average Bonchev–Trinajstić information content (AvgIpc) is 3.15. The smallest absolute Gasteiger partial charge is 0.333 e. The second-order valence-electron chi connectivity index (χ2n) is 18.1. The molecule has 7 aliphatic rings. The third-order valence-electron chi connectivity index (χ3n) is 14.9. The molecule has 0 spiro atoms. The van der Waals surface area contributed by atoms with Crippen molar-refractivity contribution in [2.75, 3.05) is 19.7 Å². The Kier molecular flexibility index (Phi) is 12.6. The summed E-state index contributed by atoms with van der Waals surface area (Å²) in [5.74, 6) is 5.56. The van der Waals surface area contributed by atoms with Crippen LogP contribution in [0.1, 0.15) is 97.8 Å². The number of carbonyl (C=O) groups is 2. The number of nitrogens with two attached hydrogens (primary N) is 2. The van der Waals surface area contributed by atoms with Crippen LogP contribution in [0.3, 0.4) is 0 Å². The lowest BCUT2D eigenvalue weighted by atomic mass is 9.53. The molecule has 18 atom stereocenters. The number of esters is 1. The number of aliphatic hydroxyl groups is 3. The van der Waals surface area contributed by atoms with Crippen molar-refractivity contribution in [3.63, 3.8) is 0 Å². The van der Waals surface area contributed by atoms with E-state index in [1.807, 2.05) is 6.92 Å². The molecule has 7 rings (SSSR count). The maximum atomic E-state index is 14.2. The van der Waals surface area contributed by atoms with Gasteiger partial charge in [0.1, 0.15) is 17.5 Å². The summed E-state index contributed by atoms with van der Waals surface area (Å²) in [5.41, 5.74) is 12.4. The predicted octanol–water partition coefficient (Wildman–Crippen LogP) is 2.12. The molecule has 0 aromatic heterocycles. The topological polar surface area (TPSA) is 199 Å². The third kappa shape index (κ3) is 7.96. The summed E-state index contributed by atoms with van der Waals surface area (Å²) in [4.78, 5) is 27.7. The van der Waals surface area contributed by atoms with E-state index >= 15 is 0 Å². The molecule has 12 nitrogen and oxygen atoms in total. The van der Waals surface area contributed by atoms with E-state index in [0.717, 1.165) is 58.0 Å². The summed E-state index contributed by atoms with van der Waals surface area (Å²) in [5, 5.41) is 40.7. The molecule has 302 valence electrons. The van der Waals surface area contributed by atoms with Gasteiger partial charge in [-0.25, -0.2) is 4.79 Å². The molecule has 9 N–H and O–H groups in total. The Morgan fingerprint density at radius 2 is 1.85 bits per heavy atom. The molecule has 14 unspecified atom stereocenters. The maximum absolute atomic E-state index is 14.2. The highest BCUT2D eigenvalue weighted by Gasteiger charge is 2.65. The van der Waals surface area contributed by atoms with Crippen molar-refractivity contribution in [2.45, 2.75) is 152 Å². The first kappa shape index (κ1) is 40.3. The molecule has 6 fully saturated rings. The number of Topliss-reactive ketones (excluding diaryl/α,β-unsaturated/α-hetero) is 1. The second kappa shape index (κ2) is 16.9. The highest BCUT2D eigenvalue weighted by molar-refractivity contribution is 5.87. The zero-order chi connectivity index (χ0) is 38.3. The molecule has 0 amide bonds. The minimum Gasteiger partial charge on any atom is -0.456 e. The normalized spacial score (nSPS) is 48.5. The van der Waals surface area contributed by atoms with E-state index < -0.39 is 60.0 Å². The van der Waals surface area contributed by atoms with Gasteiger partial charge in [-0.15, -0.1) is 5.92 Å². The molecule has 5 heterocycles. The van der Waals surface area contributed by atoms with Gasteiger partial charge in [-0.1, -0.05) is 18.4 Å². The molecule has 2 bridgehead atoms. The van der Waals surface area contributed by atoms with E-state index in [0.29, 0.717) is 37.2 Å². The Balaban J connectivity index is 1.40. The molecule has 0 aromatic carbocycles. The number of allylic oxidation sites excluding steroid dienone is 1. The number of carbonyl (C=O) groups excluding carboxylic acids is 2. The molecule has 0 aromatic rings. The van der Waals surface area contributed by atoms with Gasteiger partial charge >= 0.3 is 5.97 Å². The quantitative estimate of drug-likeness (QED) is 0.114. The molecule has 12 heteroatoms. The molecule has 2 saturated carbocycles. The highest BCUT2D eigenvalue weighted by atomic mass is 16.6. The first-order valence-electron chi connectivity index (χ1n) is 21.0. The van der Waals surface area contributed by atoms with Crippen LogP contribution in [-0.4, -0.2) is 101 Å².